The summed E-state index contributed by atoms with van der Waals surface area (Å²) in [5.74, 6) is -9.98. The molecule has 2 nitrogen and oxygen atoms in total. The van der Waals surface area contributed by atoms with Gasteiger partial charge in [0.05, 0.1) is 5.41 Å². The van der Waals surface area contributed by atoms with Crippen molar-refractivity contribution in [3.8, 4) is 0 Å². The van der Waals surface area contributed by atoms with Gasteiger partial charge in [-0.2, -0.15) is 13.2 Å². The van der Waals surface area contributed by atoms with E-state index in [9.17, 15) is 40.6 Å². The Labute approximate surface area is 154 Å². The highest BCUT2D eigenvalue weighted by atomic mass is 35.5. The highest BCUT2D eigenvalue weighted by Gasteiger charge is 2.75. The van der Waals surface area contributed by atoms with Gasteiger partial charge in [-0.15, -0.1) is 0 Å². The van der Waals surface area contributed by atoms with Gasteiger partial charge in [0.25, 0.3) is 0 Å². The Bertz CT molecular complexity index is 816. The Kier molecular flexibility index (Phi) is 5.10. The van der Waals surface area contributed by atoms with Crippen LogP contribution in [0.4, 0.5) is 30.7 Å². The first-order valence-corrected chi connectivity index (χ1v) is 7.97. The first-order valence-electron chi connectivity index (χ1n) is 7.60. The summed E-state index contributed by atoms with van der Waals surface area (Å²) in [6.45, 7) is 3.32. The standard InChI is InChI=1S/C17H14ClF7O2/c1-6-10(19)12(21)7(13(22)11(6)20)5-16(14(26)27)8(15(16,2)3)4-9(18)17(23,24)25/h4,8H,5H2,1-3H3,(H,26,27)/b9-4+/t8?,16-/m0/s1. The quantitative estimate of drug-likeness (QED) is 0.517. The highest BCUT2D eigenvalue weighted by Crippen LogP contribution is 2.71. The van der Waals surface area contributed by atoms with Gasteiger partial charge in [-0.3, -0.25) is 4.79 Å². The molecule has 0 heterocycles. The highest BCUT2D eigenvalue weighted by molar-refractivity contribution is 6.30. The number of halogens is 8. The summed E-state index contributed by atoms with van der Waals surface area (Å²) in [4.78, 5) is 11.8. The number of rotatable bonds is 4. The van der Waals surface area contributed by atoms with Crippen LogP contribution in [0.25, 0.3) is 0 Å². The second-order valence-electron chi connectivity index (χ2n) is 7.02. The Morgan fingerprint density at radius 2 is 1.56 bits per heavy atom. The second kappa shape index (κ2) is 6.39. The van der Waals surface area contributed by atoms with Crippen molar-refractivity contribution < 1.29 is 40.6 Å². The van der Waals surface area contributed by atoms with Crippen LogP contribution in [-0.4, -0.2) is 17.3 Å². The fourth-order valence-electron chi connectivity index (χ4n) is 3.53. The van der Waals surface area contributed by atoms with Crippen LogP contribution in [0.15, 0.2) is 11.1 Å². The van der Waals surface area contributed by atoms with Crippen molar-refractivity contribution in [2.24, 2.45) is 16.7 Å². The molecule has 10 heteroatoms. The predicted octanol–water partition coefficient (Wildman–Crippen LogP) is 5.51. The Morgan fingerprint density at radius 1 is 1.11 bits per heavy atom. The van der Waals surface area contributed by atoms with Gasteiger partial charge in [-0.25, -0.2) is 17.6 Å². The number of carbonyl (C=O) groups is 1. The lowest BCUT2D eigenvalue weighted by atomic mass is 9.87. The lowest BCUT2D eigenvalue weighted by Crippen LogP contribution is -2.26. The van der Waals surface area contributed by atoms with Gasteiger partial charge in [0, 0.05) is 17.0 Å². The minimum absolute atomic E-state index is 0.451. The third-order valence-electron chi connectivity index (χ3n) is 5.37. The summed E-state index contributed by atoms with van der Waals surface area (Å²) in [7, 11) is 0. The molecular formula is C17H14ClF7O2. The summed E-state index contributed by atoms with van der Waals surface area (Å²) in [5, 5.41) is 7.98. The van der Waals surface area contributed by atoms with E-state index >= 15 is 0 Å². The zero-order valence-electron chi connectivity index (χ0n) is 14.2. The third kappa shape index (κ3) is 3.09. The molecule has 1 unspecified atom stereocenters. The molecule has 0 bridgehead atoms. The van der Waals surface area contributed by atoms with Crippen LogP contribution in [0.5, 0.6) is 0 Å². The van der Waals surface area contributed by atoms with Gasteiger partial charge in [0.1, 0.15) is 5.03 Å². The molecule has 0 radical (unpaired) electrons. The van der Waals surface area contributed by atoms with Crippen LogP contribution in [0.3, 0.4) is 0 Å². The van der Waals surface area contributed by atoms with Gasteiger partial charge in [-0.05, 0) is 18.8 Å². The first kappa shape index (κ1) is 21.5. The molecule has 2 rings (SSSR count). The maximum Gasteiger partial charge on any atom is 0.426 e. The predicted molar refractivity (Wildman–Crippen MR) is 82.0 cm³/mol. The summed E-state index contributed by atoms with van der Waals surface area (Å²) in [5.41, 5.74) is -5.65. The lowest BCUT2D eigenvalue weighted by Gasteiger charge is -2.18. The number of allylic oxidation sites excluding steroid dienone is 2. The van der Waals surface area contributed by atoms with E-state index in [4.69, 9.17) is 11.6 Å². The Morgan fingerprint density at radius 3 is 1.93 bits per heavy atom. The third-order valence-corrected chi connectivity index (χ3v) is 5.71. The van der Waals surface area contributed by atoms with Gasteiger partial charge < -0.3 is 5.11 Å². The molecule has 0 aliphatic heterocycles. The number of carboxylic acid groups (broad SMARTS) is 1. The number of hydrogen-bond donors (Lipinski definition) is 1. The van der Waals surface area contributed by atoms with Crippen molar-refractivity contribution in [3.63, 3.8) is 0 Å². The van der Waals surface area contributed by atoms with E-state index in [2.05, 4.69) is 0 Å². The molecule has 1 aromatic rings. The largest absolute Gasteiger partial charge is 0.481 e. The SMILES string of the molecule is Cc1c(F)c(F)c(C[C@@]2(C(=O)O)C(/C=C(/Cl)C(F)(F)F)C2(C)C)c(F)c1F. The van der Waals surface area contributed by atoms with Crippen LogP contribution in [-0.2, 0) is 11.2 Å². The molecule has 0 aromatic heterocycles. The maximum atomic E-state index is 14.2. The van der Waals surface area contributed by atoms with Crippen molar-refractivity contribution >= 4 is 17.6 Å². The lowest BCUT2D eigenvalue weighted by molar-refractivity contribution is -0.145. The fourth-order valence-corrected chi connectivity index (χ4v) is 3.66. The number of hydrogen-bond acceptors (Lipinski definition) is 1. The first-order chi connectivity index (χ1) is 12.1. The van der Waals surface area contributed by atoms with Crippen molar-refractivity contribution in [1.82, 2.24) is 0 Å². The van der Waals surface area contributed by atoms with Crippen LogP contribution < -0.4 is 0 Å². The Hall–Kier alpha value is -1.77. The second-order valence-corrected chi connectivity index (χ2v) is 7.43. The van der Waals surface area contributed by atoms with Crippen molar-refractivity contribution in [2.45, 2.75) is 33.4 Å². The van der Waals surface area contributed by atoms with Crippen molar-refractivity contribution in [1.29, 1.82) is 0 Å². The van der Waals surface area contributed by atoms with Crippen molar-refractivity contribution in [2.75, 3.05) is 0 Å². The van der Waals surface area contributed by atoms with Gasteiger partial charge >= 0.3 is 12.1 Å². The van der Waals surface area contributed by atoms with E-state index in [1.54, 1.807) is 0 Å². The van der Waals surface area contributed by atoms with Crippen LogP contribution >= 0.6 is 11.6 Å². The van der Waals surface area contributed by atoms with E-state index in [1.807, 2.05) is 0 Å². The van der Waals surface area contributed by atoms with E-state index in [-0.39, 0.29) is 0 Å². The van der Waals surface area contributed by atoms with Gasteiger partial charge in [-0.1, -0.05) is 31.5 Å². The topological polar surface area (TPSA) is 37.3 Å². The molecule has 27 heavy (non-hydrogen) atoms. The van der Waals surface area contributed by atoms with E-state index in [0.717, 1.165) is 6.92 Å². The maximum absolute atomic E-state index is 14.2. The van der Waals surface area contributed by atoms with E-state index in [1.165, 1.54) is 13.8 Å². The van der Waals surface area contributed by atoms with Crippen molar-refractivity contribution in [3.05, 3.63) is 45.5 Å². The van der Waals surface area contributed by atoms with Gasteiger partial charge in [0.15, 0.2) is 23.3 Å². The number of benzene rings is 1. The summed E-state index contributed by atoms with van der Waals surface area (Å²) in [6.07, 6.45) is -5.54. The average molecular weight is 419 g/mol. The fraction of sp³-hybridized carbons (Fsp3) is 0.471. The minimum atomic E-state index is -4.94. The van der Waals surface area contributed by atoms with Crippen LogP contribution in [0.1, 0.15) is 25.0 Å². The molecule has 1 N–H and O–H groups in total. The molecule has 0 saturated heterocycles. The van der Waals surface area contributed by atoms with Crippen LogP contribution in [0.2, 0.25) is 0 Å². The molecule has 1 aromatic carbocycles. The molecule has 0 amide bonds. The molecular weight excluding hydrogens is 405 g/mol. The summed E-state index contributed by atoms with van der Waals surface area (Å²) >= 11 is 5.16. The Balaban J connectivity index is 2.60. The number of carboxylic acids is 1. The summed E-state index contributed by atoms with van der Waals surface area (Å²) < 4.78 is 93.9. The van der Waals surface area contributed by atoms with E-state index in [0.29, 0.717) is 6.08 Å². The number of alkyl halides is 3. The summed E-state index contributed by atoms with van der Waals surface area (Å²) in [6, 6.07) is 0. The zero-order chi connectivity index (χ0) is 21.1. The molecule has 1 saturated carbocycles. The minimum Gasteiger partial charge on any atom is -0.481 e. The smallest absolute Gasteiger partial charge is 0.426 e. The molecule has 1 aliphatic carbocycles. The normalized spacial score (nSPS) is 24.9. The van der Waals surface area contributed by atoms with Gasteiger partial charge in [0.2, 0.25) is 0 Å². The average Bonchev–Trinajstić information content (AvgIpc) is 3.02. The van der Waals surface area contributed by atoms with Crippen LogP contribution in [0, 0.1) is 46.9 Å². The van der Waals surface area contributed by atoms with E-state index < -0.39 is 74.7 Å². The number of aliphatic carboxylic acids is 1. The zero-order valence-corrected chi connectivity index (χ0v) is 15.0. The molecule has 1 aliphatic rings. The molecule has 0 spiro atoms. The molecule has 2 atom stereocenters. The monoisotopic (exact) mass is 418 g/mol. The molecule has 1 fully saturated rings. The molecule has 150 valence electrons.